The molecule has 0 aromatic carbocycles. The Bertz CT molecular complexity index is 66.1. The van der Waals surface area contributed by atoms with Crippen LogP contribution in [0.2, 0.25) is 0 Å². The third kappa shape index (κ3) is 5.73. The molecule has 1 radical (unpaired) electrons. The lowest BCUT2D eigenvalue weighted by molar-refractivity contribution is 0.0819. The molecule has 9 heavy (non-hydrogen) atoms. The first-order valence-corrected chi connectivity index (χ1v) is 3.07. The average molecular weight is 135 g/mol. The predicted molar refractivity (Wildman–Crippen MR) is 31.4 cm³/mol. The molecule has 0 heterocycles. The minimum absolute atomic E-state index is 0.0856. The van der Waals surface area contributed by atoms with Crippen molar-refractivity contribution in [3.05, 3.63) is 0 Å². The molecule has 0 spiro atoms. The first-order valence-electron chi connectivity index (χ1n) is 3.07. The summed E-state index contributed by atoms with van der Waals surface area (Å²) in [6.07, 6.45) is -1.51. The van der Waals surface area contributed by atoms with Gasteiger partial charge in [0.1, 0.15) is 0 Å². The third-order valence-electron chi connectivity index (χ3n) is 1.05. The predicted octanol–water partition coefficient (Wildman–Crippen LogP) is 0.916. The molecule has 0 saturated carbocycles. The van der Waals surface area contributed by atoms with Crippen molar-refractivity contribution in [1.29, 1.82) is 0 Å². The molecule has 2 unspecified atom stereocenters. The van der Waals surface area contributed by atoms with Gasteiger partial charge in [0.05, 0.1) is 18.9 Å². The number of halogens is 1. The Morgan fingerprint density at radius 3 is 2.56 bits per heavy atom. The molecule has 0 rings (SSSR count). The molecule has 0 bridgehead atoms. The van der Waals surface area contributed by atoms with Crippen molar-refractivity contribution in [2.75, 3.05) is 6.61 Å². The maximum absolute atomic E-state index is 12.0. The molecule has 0 fully saturated rings. The van der Waals surface area contributed by atoms with Gasteiger partial charge in [0, 0.05) is 6.42 Å². The van der Waals surface area contributed by atoms with Gasteiger partial charge >= 0.3 is 0 Å². The van der Waals surface area contributed by atoms with E-state index in [0.717, 1.165) is 0 Å². The van der Waals surface area contributed by atoms with Gasteiger partial charge in [-0.3, -0.25) is 0 Å². The van der Waals surface area contributed by atoms with E-state index >= 15 is 0 Å². The Kier molecular flexibility index (Phi) is 4.62. The fourth-order valence-electron chi connectivity index (χ4n) is 0.629. The van der Waals surface area contributed by atoms with Crippen LogP contribution in [0.4, 0.5) is 4.39 Å². The second kappa shape index (κ2) is 4.70. The van der Waals surface area contributed by atoms with Crippen LogP contribution in [0.1, 0.15) is 19.8 Å². The maximum atomic E-state index is 12.0. The van der Waals surface area contributed by atoms with Crippen LogP contribution in [0.5, 0.6) is 0 Å². The van der Waals surface area contributed by atoms with Crippen molar-refractivity contribution >= 4 is 0 Å². The fourth-order valence-corrected chi connectivity index (χ4v) is 0.629. The average Bonchev–Trinajstić information content (AvgIpc) is 1.63. The molecule has 3 heteroatoms. The molecule has 55 valence electrons. The van der Waals surface area contributed by atoms with Crippen LogP contribution in [0, 0.1) is 0 Å². The van der Waals surface area contributed by atoms with Crippen LogP contribution in [-0.4, -0.2) is 24.0 Å². The first-order chi connectivity index (χ1) is 4.16. The number of alkyl halides is 1. The molecule has 2 atom stereocenters. The van der Waals surface area contributed by atoms with Crippen LogP contribution < -0.4 is 0 Å². The van der Waals surface area contributed by atoms with Crippen molar-refractivity contribution in [3.63, 3.8) is 0 Å². The Morgan fingerprint density at radius 1 is 1.67 bits per heavy atom. The highest BCUT2D eigenvalue weighted by Crippen LogP contribution is 2.03. The topological polar surface area (TPSA) is 40.1 Å². The quantitative estimate of drug-likeness (QED) is 0.611. The summed E-state index contributed by atoms with van der Waals surface area (Å²) in [7, 11) is 0. The minimum atomic E-state index is -1.01. The summed E-state index contributed by atoms with van der Waals surface area (Å²) in [6.45, 7) is 1.04. The largest absolute Gasteiger partial charge is 0.393 e. The normalized spacial score (nSPS) is 17.3. The molecule has 0 aliphatic rings. The van der Waals surface area contributed by atoms with Gasteiger partial charge in [0.2, 0.25) is 0 Å². The summed E-state index contributed by atoms with van der Waals surface area (Å²) in [5, 5.41) is 18.6. The first kappa shape index (κ1) is 8.85. The lowest BCUT2D eigenvalue weighted by Gasteiger charge is -2.07. The summed E-state index contributed by atoms with van der Waals surface area (Å²) in [6, 6.07) is 0. The van der Waals surface area contributed by atoms with Crippen LogP contribution in [-0.2, 0) is 5.11 Å². The van der Waals surface area contributed by atoms with Crippen LogP contribution in [0.15, 0.2) is 0 Å². The summed E-state index contributed by atoms with van der Waals surface area (Å²) in [5.41, 5.74) is 0. The van der Waals surface area contributed by atoms with Crippen molar-refractivity contribution in [2.24, 2.45) is 0 Å². The zero-order chi connectivity index (χ0) is 7.28. The Hall–Kier alpha value is -0.150. The van der Waals surface area contributed by atoms with E-state index in [-0.39, 0.29) is 19.4 Å². The van der Waals surface area contributed by atoms with E-state index in [1.54, 1.807) is 0 Å². The molecule has 0 saturated heterocycles. The zero-order valence-electron chi connectivity index (χ0n) is 5.51. The SMILES string of the molecule is CC(F)CC(O)CC[O]. The second-order valence-electron chi connectivity index (χ2n) is 2.16. The van der Waals surface area contributed by atoms with Crippen molar-refractivity contribution in [3.8, 4) is 0 Å². The third-order valence-corrected chi connectivity index (χ3v) is 1.05. The van der Waals surface area contributed by atoms with Gasteiger partial charge in [0.15, 0.2) is 0 Å². The van der Waals surface area contributed by atoms with E-state index < -0.39 is 12.3 Å². The number of rotatable bonds is 4. The van der Waals surface area contributed by atoms with Crippen LogP contribution in [0.3, 0.4) is 0 Å². The second-order valence-corrected chi connectivity index (χ2v) is 2.16. The van der Waals surface area contributed by atoms with E-state index in [2.05, 4.69) is 0 Å². The van der Waals surface area contributed by atoms with Crippen LogP contribution in [0.25, 0.3) is 0 Å². The van der Waals surface area contributed by atoms with Crippen molar-refractivity contribution < 1.29 is 14.6 Å². The lowest BCUT2D eigenvalue weighted by Crippen LogP contribution is -2.13. The zero-order valence-corrected chi connectivity index (χ0v) is 5.51. The fraction of sp³-hybridized carbons (Fsp3) is 1.00. The van der Waals surface area contributed by atoms with E-state index in [1.165, 1.54) is 6.92 Å². The maximum Gasteiger partial charge on any atom is 0.0998 e. The monoisotopic (exact) mass is 135 g/mol. The highest BCUT2D eigenvalue weighted by molar-refractivity contribution is 4.58. The number of hydrogen-bond acceptors (Lipinski definition) is 1. The van der Waals surface area contributed by atoms with Gasteiger partial charge in [-0.05, 0) is 13.3 Å². The summed E-state index contributed by atoms with van der Waals surface area (Å²) in [5.74, 6) is 0. The molecule has 0 aliphatic heterocycles. The van der Waals surface area contributed by atoms with E-state index in [1.807, 2.05) is 0 Å². The van der Waals surface area contributed by atoms with Gasteiger partial charge in [-0.15, -0.1) is 0 Å². The standard InChI is InChI=1S/C6H12FO2/c1-5(7)4-6(9)2-3-8/h5-6,9H,2-4H2,1H3. The molecule has 0 aromatic heterocycles. The van der Waals surface area contributed by atoms with Gasteiger partial charge in [0.25, 0.3) is 0 Å². The van der Waals surface area contributed by atoms with Crippen molar-refractivity contribution in [2.45, 2.75) is 32.0 Å². The number of aliphatic hydroxyl groups is 1. The summed E-state index contributed by atoms with van der Waals surface area (Å²) < 4.78 is 12.0. The summed E-state index contributed by atoms with van der Waals surface area (Å²) >= 11 is 0. The smallest absolute Gasteiger partial charge is 0.0998 e. The molecule has 0 amide bonds. The summed E-state index contributed by atoms with van der Waals surface area (Å²) in [4.78, 5) is 0. The molecule has 2 nitrogen and oxygen atoms in total. The molecular formula is C6H12FO2. The highest BCUT2D eigenvalue weighted by atomic mass is 19.1. The highest BCUT2D eigenvalue weighted by Gasteiger charge is 2.07. The van der Waals surface area contributed by atoms with Gasteiger partial charge in [-0.1, -0.05) is 0 Å². The molecular weight excluding hydrogens is 123 g/mol. The lowest BCUT2D eigenvalue weighted by atomic mass is 10.1. The Morgan fingerprint density at radius 2 is 2.22 bits per heavy atom. The molecule has 1 N–H and O–H groups in total. The Balaban J connectivity index is 3.15. The van der Waals surface area contributed by atoms with Crippen LogP contribution >= 0.6 is 0 Å². The van der Waals surface area contributed by atoms with Gasteiger partial charge in [-0.2, -0.15) is 0 Å². The number of aliphatic hydroxyl groups excluding tert-OH is 1. The Labute approximate surface area is 54.3 Å². The van der Waals surface area contributed by atoms with E-state index in [4.69, 9.17) is 5.11 Å². The molecule has 0 aromatic rings. The van der Waals surface area contributed by atoms with E-state index in [9.17, 15) is 9.50 Å². The van der Waals surface area contributed by atoms with Crippen molar-refractivity contribution in [1.82, 2.24) is 0 Å². The van der Waals surface area contributed by atoms with E-state index in [0.29, 0.717) is 0 Å². The molecule has 0 aliphatic carbocycles. The minimum Gasteiger partial charge on any atom is -0.393 e. The van der Waals surface area contributed by atoms with Gasteiger partial charge in [-0.25, -0.2) is 9.50 Å². The van der Waals surface area contributed by atoms with Gasteiger partial charge < -0.3 is 5.11 Å². The number of hydrogen-bond donors (Lipinski definition) is 1.